The molecule has 0 saturated heterocycles. The van der Waals surface area contributed by atoms with Crippen molar-refractivity contribution in [1.82, 2.24) is 0 Å². The van der Waals surface area contributed by atoms with Gasteiger partial charge in [0.1, 0.15) is 0 Å². The highest BCUT2D eigenvalue weighted by atomic mass is 79.9. The number of benzene rings is 1. The number of esters is 1. The van der Waals surface area contributed by atoms with Crippen LogP contribution in [0.5, 0.6) is 0 Å². The minimum Gasteiger partial charge on any atom is -0.463 e. The van der Waals surface area contributed by atoms with Gasteiger partial charge in [0.05, 0.1) is 6.61 Å². The van der Waals surface area contributed by atoms with Gasteiger partial charge in [0, 0.05) is 10.5 Å². The van der Waals surface area contributed by atoms with Gasteiger partial charge in [-0.1, -0.05) is 33.6 Å². The Morgan fingerprint density at radius 1 is 1.50 bits per heavy atom. The fourth-order valence-electron chi connectivity index (χ4n) is 1.41. The van der Waals surface area contributed by atoms with E-state index in [4.69, 9.17) is 4.74 Å². The van der Waals surface area contributed by atoms with Crippen molar-refractivity contribution in [3.8, 4) is 0 Å². The molecule has 0 atom stereocenters. The van der Waals surface area contributed by atoms with Crippen LogP contribution in [0.3, 0.4) is 0 Å². The topological polar surface area (TPSA) is 26.3 Å². The van der Waals surface area contributed by atoms with Crippen molar-refractivity contribution in [2.45, 2.75) is 20.3 Å². The standard InChI is InChI=1S/C13H15BrO2/c1-3-16-13(15)8-10(2)7-11-5-4-6-12(14)9-11/h4-6,8-9H,3,7H2,1-2H3. The van der Waals surface area contributed by atoms with Crippen LogP contribution in [0.2, 0.25) is 0 Å². The molecule has 0 unspecified atom stereocenters. The van der Waals surface area contributed by atoms with E-state index in [0.29, 0.717) is 6.61 Å². The first-order valence-corrected chi connectivity index (χ1v) is 5.99. The summed E-state index contributed by atoms with van der Waals surface area (Å²) in [4.78, 5) is 11.2. The Hall–Kier alpha value is -1.09. The number of rotatable bonds is 4. The third-order valence-corrected chi connectivity index (χ3v) is 2.52. The Morgan fingerprint density at radius 3 is 2.88 bits per heavy atom. The van der Waals surface area contributed by atoms with Gasteiger partial charge in [-0.3, -0.25) is 0 Å². The third kappa shape index (κ3) is 4.62. The molecule has 3 heteroatoms. The predicted octanol–water partition coefficient (Wildman–Crippen LogP) is 3.50. The fourth-order valence-corrected chi connectivity index (χ4v) is 1.85. The maximum Gasteiger partial charge on any atom is 0.330 e. The second kappa shape index (κ2) is 6.48. The van der Waals surface area contributed by atoms with E-state index >= 15 is 0 Å². The molecule has 16 heavy (non-hydrogen) atoms. The van der Waals surface area contributed by atoms with E-state index in [1.807, 2.05) is 31.2 Å². The zero-order valence-electron chi connectivity index (χ0n) is 9.50. The highest BCUT2D eigenvalue weighted by molar-refractivity contribution is 9.10. The largest absolute Gasteiger partial charge is 0.463 e. The molecule has 0 bridgehead atoms. The third-order valence-electron chi connectivity index (χ3n) is 2.02. The molecule has 1 rings (SSSR count). The van der Waals surface area contributed by atoms with Crippen molar-refractivity contribution in [2.24, 2.45) is 0 Å². The van der Waals surface area contributed by atoms with Crippen molar-refractivity contribution in [2.75, 3.05) is 6.61 Å². The van der Waals surface area contributed by atoms with E-state index in [2.05, 4.69) is 15.9 Å². The van der Waals surface area contributed by atoms with Crippen LogP contribution in [-0.4, -0.2) is 12.6 Å². The zero-order valence-corrected chi connectivity index (χ0v) is 11.1. The SMILES string of the molecule is CCOC(=O)C=C(C)Cc1cccc(Br)c1. The Morgan fingerprint density at radius 2 is 2.25 bits per heavy atom. The van der Waals surface area contributed by atoms with Crippen LogP contribution in [0.25, 0.3) is 0 Å². The molecule has 0 heterocycles. The maximum absolute atomic E-state index is 11.2. The summed E-state index contributed by atoms with van der Waals surface area (Å²) in [5.41, 5.74) is 2.17. The van der Waals surface area contributed by atoms with Gasteiger partial charge in [0.25, 0.3) is 0 Å². The van der Waals surface area contributed by atoms with Gasteiger partial charge < -0.3 is 4.74 Å². The highest BCUT2D eigenvalue weighted by Gasteiger charge is 2.00. The normalized spacial score (nSPS) is 11.3. The highest BCUT2D eigenvalue weighted by Crippen LogP contribution is 2.14. The Balaban J connectivity index is 2.63. The number of carbonyl (C=O) groups is 1. The molecule has 0 fully saturated rings. The van der Waals surface area contributed by atoms with E-state index in [1.165, 1.54) is 5.56 Å². The maximum atomic E-state index is 11.2. The molecule has 0 N–H and O–H groups in total. The lowest BCUT2D eigenvalue weighted by Gasteiger charge is -2.03. The van der Waals surface area contributed by atoms with Crippen LogP contribution in [0.4, 0.5) is 0 Å². The van der Waals surface area contributed by atoms with Crippen LogP contribution in [0.1, 0.15) is 19.4 Å². The number of carbonyl (C=O) groups excluding carboxylic acids is 1. The van der Waals surface area contributed by atoms with Crippen LogP contribution < -0.4 is 0 Å². The lowest BCUT2D eigenvalue weighted by Crippen LogP contribution is -2.01. The minimum absolute atomic E-state index is 0.269. The summed E-state index contributed by atoms with van der Waals surface area (Å²) < 4.78 is 5.90. The molecule has 0 saturated carbocycles. The summed E-state index contributed by atoms with van der Waals surface area (Å²) in [6.45, 7) is 4.15. The molecule has 0 aliphatic rings. The Labute approximate surface area is 104 Å². The van der Waals surface area contributed by atoms with Crippen LogP contribution in [0, 0.1) is 0 Å². The number of hydrogen-bond donors (Lipinski definition) is 0. The van der Waals surface area contributed by atoms with Crippen molar-refractivity contribution in [3.05, 3.63) is 46.0 Å². The number of halogens is 1. The molecule has 0 spiro atoms. The quantitative estimate of drug-likeness (QED) is 0.624. The Kier molecular flexibility index (Phi) is 5.26. The Bertz CT molecular complexity index is 397. The summed E-state index contributed by atoms with van der Waals surface area (Å²) in [7, 11) is 0. The van der Waals surface area contributed by atoms with Crippen molar-refractivity contribution < 1.29 is 9.53 Å². The summed E-state index contributed by atoms with van der Waals surface area (Å²) in [6, 6.07) is 8.04. The van der Waals surface area contributed by atoms with E-state index in [1.54, 1.807) is 13.0 Å². The average molecular weight is 283 g/mol. The van der Waals surface area contributed by atoms with Gasteiger partial charge in [-0.05, 0) is 38.0 Å². The minimum atomic E-state index is -0.269. The number of allylic oxidation sites excluding steroid dienone is 1. The van der Waals surface area contributed by atoms with E-state index < -0.39 is 0 Å². The summed E-state index contributed by atoms with van der Waals surface area (Å²) in [6.07, 6.45) is 2.31. The van der Waals surface area contributed by atoms with Gasteiger partial charge in [0.15, 0.2) is 0 Å². The van der Waals surface area contributed by atoms with Gasteiger partial charge in [0.2, 0.25) is 0 Å². The smallest absolute Gasteiger partial charge is 0.330 e. The van der Waals surface area contributed by atoms with Crippen LogP contribution in [-0.2, 0) is 16.0 Å². The fraction of sp³-hybridized carbons (Fsp3) is 0.308. The van der Waals surface area contributed by atoms with E-state index in [9.17, 15) is 4.79 Å². The molecule has 1 aromatic carbocycles. The number of ether oxygens (including phenoxy) is 1. The zero-order chi connectivity index (χ0) is 12.0. The first-order chi connectivity index (χ1) is 7.61. The van der Waals surface area contributed by atoms with Crippen LogP contribution >= 0.6 is 15.9 Å². The first-order valence-electron chi connectivity index (χ1n) is 5.20. The van der Waals surface area contributed by atoms with Gasteiger partial charge in [-0.25, -0.2) is 4.79 Å². The summed E-state index contributed by atoms with van der Waals surface area (Å²) in [5, 5.41) is 0. The second-order valence-corrected chi connectivity index (χ2v) is 4.47. The molecule has 0 aliphatic heterocycles. The first kappa shape index (κ1) is 13.0. The molecular weight excluding hydrogens is 268 g/mol. The molecular formula is C13H15BrO2. The molecule has 0 aliphatic carbocycles. The molecule has 0 aromatic heterocycles. The molecule has 86 valence electrons. The van der Waals surface area contributed by atoms with Gasteiger partial charge in [-0.2, -0.15) is 0 Å². The molecule has 2 nitrogen and oxygen atoms in total. The second-order valence-electron chi connectivity index (χ2n) is 3.55. The summed E-state index contributed by atoms with van der Waals surface area (Å²) in [5.74, 6) is -0.269. The lowest BCUT2D eigenvalue weighted by atomic mass is 10.1. The lowest BCUT2D eigenvalue weighted by molar-refractivity contribution is -0.137. The number of hydrogen-bond acceptors (Lipinski definition) is 2. The predicted molar refractivity (Wildman–Crippen MR) is 68.2 cm³/mol. The average Bonchev–Trinajstić information content (AvgIpc) is 2.17. The van der Waals surface area contributed by atoms with Crippen molar-refractivity contribution in [3.63, 3.8) is 0 Å². The van der Waals surface area contributed by atoms with Crippen molar-refractivity contribution >= 4 is 21.9 Å². The molecule has 0 amide bonds. The van der Waals surface area contributed by atoms with E-state index in [0.717, 1.165) is 16.5 Å². The van der Waals surface area contributed by atoms with Crippen LogP contribution in [0.15, 0.2) is 40.4 Å². The molecule has 0 radical (unpaired) electrons. The summed E-state index contributed by atoms with van der Waals surface area (Å²) >= 11 is 3.42. The van der Waals surface area contributed by atoms with Gasteiger partial charge in [-0.15, -0.1) is 0 Å². The van der Waals surface area contributed by atoms with Crippen molar-refractivity contribution in [1.29, 1.82) is 0 Å². The monoisotopic (exact) mass is 282 g/mol. The molecule has 1 aromatic rings. The van der Waals surface area contributed by atoms with Gasteiger partial charge >= 0.3 is 5.97 Å². The van der Waals surface area contributed by atoms with E-state index in [-0.39, 0.29) is 5.97 Å².